The number of fused-ring (bicyclic) bond motifs is 2. The van der Waals surface area contributed by atoms with Crippen molar-refractivity contribution in [2.45, 2.75) is 37.0 Å². The maximum Gasteiger partial charge on any atom is 0.306 e. The number of benzene rings is 1. The topological polar surface area (TPSA) is 55.4 Å². The number of ether oxygens (including phenoxy) is 1. The minimum absolute atomic E-state index is 0.175. The number of thioether (sulfide) groups is 1. The number of nitrogens with one attached hydrogen (secondary N) is 1. The van der Waals surface area contributed by atoms with E-state index in [-0.39, 0.29) is 18.5 Å². The average molecular weight is 382 g/mol. The lowest BCUT2D eigenvalue weighted by Crippen LogP contribution is -2.31. The molecule has 0 aliphatic heterocycles. The van der Waals surface area contributed by atoms with Crippen LogP contribution in [-0.4, -0.2) is 30.8 Å². The van der Waals surface area contributed by atoms with Crippen molar-refractivity contribution in [2.24, 2.45) is 17.8 Å². The Kier molecular flexibility index (Phi) is 6.65. The highest BCUT2D eigenvalue weighted by Gasteiger charge is 2.40. The smallest absolute Gasteiger partial charge is 0.306 e. The fourth-order valence-corrected chi connectivity index (χ4v) is 4.88. The Morgan fingerprint density at radius 2 is 2.00 bits per heavy atom. The molecule has 2 fully saturated rings. The van der Waals surface area contributed by atoms with E-state index in [0.717, 1.165) is 23.0 Å². The van der Waals surface area contributed by atoms with Gasteiger partial charge in [-0.2, -0.15) is 0 Å². The summed E-state index contributed by atoms with van der Waals surface area (Å²) in [7, 11) is 0. The standard InChI is InChI=1S/C19H24ClNO3S/c20-16-3-5-17(6-4-16)25-8-7-21-18(22)12-24-19(23)11-15-10-13-1-2-14(15)9-13/h3-6,13-15H,1-2,7-12H2,(H,21,22)/t13-,14-,15+/m1/s1. The zero-order chi connectivity index (χ0) is 17.6. The number of rotatable bonds is 8. The maximum absolute atomic E-state index is 11.9. The lowest BCUT2D eigenvalue weighted by Gasteiger charge is -2.20. The van der Waals surface area contributed by atoms with E-state index in [1.807, 2.05) is 24.3 Å². The molecule has 1 aromatic rings. The minimum atomic E-state index is -0.238. The summed E-state index contributed by atoms with van der Waals surface area (Å²) < 4.78 is 5.13. The quantitative estimate of drug-likeness (QED) is 0.421. The number of hydrogen-bond donors (Lipinski definition) is 1. The Bertz CT molecular complexity index is 607. The van der Waals surface area contributed by atoms with Gasteiger partial charge < -0.3 is 10.1 Å². The first-order chi connectivity index (χ1) is 12.1. The minimum Gasteiger partial charge on any atom is -0.456 e. The normalized spacial score (nSPS) is 24.3. The lowest BCUT2D eigenvalue weighted by atomic mass is 9.86. The van der Waals surface area contributed by atoms with Crippen LogP contribution in [0.2, 0.25) is 5.02 Å². The number of halogens is 1. The molecule has 0 radical (unpaired) electrons. The number of esters is 1. The molecule has 6 heteroatoms. The first-order valence-corrected chi connectivity index (χ1v) is 10.3. The van der Waals surface area contributed by atoms with Crippen LogP contribution in [0.3, 0.4) is 0 Å². The molecular formula is C19H24ClNO3S. The van der Waals surface area contributed by atoms with Crippen molar-refractivity contribution in [1.29, 1.82) is 0 Å². The van der Waals surface area contributed by atoms with Crippen LogP contribution in [0, 0.1) is 17.8 Å². The van der Waals surface area contributed by atoms with Gasteiger partial charge in [0.1, 0.15) is 0 Å². The van der Waals surface area contributed by atoms with Crippen molar-refractivity contribution in [3.63, 3.8) is 0 Å². The van der Waals surface area contributed by atoms with Crippen LogP contribution in [0.5, 0.6) is 0 Å². The summed E-state index contributed by atoms with van der Waals surface area (Å²) in [6.07, 6.45) is 5.50. The summed E-state index contributed by atoms with van der Waals surface area (Å²) in [5.41, 5.74) is 0. The molecule has 25 heavy (non-hydrogen) atoms. The molecule has 2 aliphatic rings. The van der Waals surface area contributed by atoms with Gasteiger partial charge in [-0.15, -0.1) is 11.8 Å². The fourth-order valence-electron chi connectivity index (χ4n) is 3.99. The number of hydrogen-bond acceptors (Lipinski definition) is 4. The molecule has 2 saturated carbocycles. The van der Waals surface area contributed by atoms with Gasteiger partial charge in [0, 0.05) is 28.6 Å². The Morgan fingerprint density at radius 3 is 2.68 bits per heavy atom. The molecule has 0 spiro atoms. The predicted molar refractivity (Wildman–Crippen MR) is 99.7 cm³/mol. The molecule has 3 atom stereocenters. The highest BCUT2D eigenvalue weighted by Crippen LogP contribution is 2.49. The average Bonchev–Trinajstić information content (AvgIpc) is 3.21. The molecule has 2 aliphatic carbocycles. The largest absolute Gasteiger partial charge is 0.456 e. The first-order valence-electron chi connectivity index (χ1n) is 8.91. The van der Waals surface area contributed by atoms with Crippen LogP contribution >= 0.6 is 23.4 Å². The lowest BCUT2D eigenvalue weighted by molar-refractivity contribution is -0.149. The predicted octanol–water partition coefficient (Wildman–Crippen LogP) is 3.92. The van der Waals surface area contributed by atoms with Crippen LogP contribution in [0.25, 0.3) is 0 Å². The van der Waals surface area contributed by atoms with Gasteiger partial charge in [0.25, 0.3) is 5.91 Å². The van der Waals surface area contributed by atoms with E-state index >= 15 is 0 Å². The third kappa shape index (κ3) is 5.65. The summed E-state index contributed by atoms with van der Waals surface area (Å²) in [5, 5.41) is 3.49. The summed E-state index contributed by atoms with van der Waals surface area (Å²) in [4.78, 5) is 24.8. The molecule has 0 saturated heterocycles. The molecule has 2 bridgehead atoms. The Morgan fingerprint density at radius 1 is 1.20 bits per heavy atom. The zero-order valence-corrected chi connectivity index (χ0v) is 15.8. The first kappa shape index (κ1) is 18.6. The van der Waals surface area contributed by atoms with E-state index in [2.05, 4.69) is 5.32 Å². The number of carbonyl (C=O) groups is 2. The Labute approximate surface area is 158 Å². The fraction of sp³-hybridized carbons (Fsp3) is 0.579. The molecule has 1 N–H and O–H groups in total. The second kappa shape index (κ2) is 8.95. The summed E-state index contributed by atoms with van der Waals surface area (Å²) >= 11 is 7.48. The van der Waals surface area contributed by atoms with Crippen LogP contribution in [0.15, 0.2) is 29.2 Å². The van der Waals surface area contributed by atoms with Crippen molar-refractivity contribution in [2.75, 3.05) is 18.9 Å². The number of amides is 1. The van der Waals surface area contributed by atoms with E-state index < -0.39 is 0 Å². The van der Waals surface area contributed by atoms with Gasteiger partial charge >= 0.3 is 5.97 Å². The molecule has 3 rings (SSSR count). The highest BCUT2D eigenvalue weighted by molar-refractivity contribution is 7.99. The molecule has 1 aromatic carbocycles. The zero-order valence-electron chi connectivity index (χ0n) is 14.2. The van der Waals surface area contributed by atoms with E-state index in [4.69, 9.17) is 16.3 Å². The molecule has 0 aromatic heterocycles. The highest BCUT2D eigenvalue weighted by atomic mass is 35.5. The van der Waals surface area contributed by atoms with E-state index in [9.17, 15) is 9.59 Å². The van der Waals surface area contributed by atoms with Gasteiger partial charge in [-0.25, -0.2) is 0 Å². The van der Waals surface area contributed by atoms with Crippen molar-refractivity contribution in [3.05, 3.63) is 29.3 Å². The summed E-state index contributed by atoms with van der Waals surface area (Å²) in [6, 6.07) is 7.59. The monoisotopic (exact) mass is 381 g/mol. The van der Waals surface area contributed by atoms with Crippen molar-refractivity contribution in [3.8, 4) is 0 Å². The van der Waals surface area contributed by atoms with Crippen LogP contribution in [0.4, 0.5) is 0 Å². The van der Waals surface area contributed by atoms with Gasteiger partial charge in [-0.3, -0.25) is 9.59 Å². The molecule has 1 amide bonds. The van der Waals surface area contributed by atoms with E-state index in [1.54, 1.807) is 11.8 Å². The summed E-state index contributed by atoms with van der Waals surface area (Å²) in [6.45, 7) is 0.362. The van der Waals surface area contributed by atoms with Crippen LogP contribution in [0.1, 0.15) is 32.1 Å². The molecule has 4 nitrogen and oxygen atoms in total. The summed E-state index contributed by atoms with van der Waals surface area (Å²) in [5.74, 6) is 2.29. The van der Waals surface area contributed by atoms with Crippen molar-refractivity contribution >= 4 is 35.2 Å². The van der Waals surface area contributed by atoms with Crippen molar-refractivity contribution in [1.82, 2.24) is 5.32 Å². The maximum atomic E-state index is 11.9. The van der Waals surface area contributed by atoms with Gasteiger partial charge in [-0.1, -0.05) is 18.0 Å². The van der Waals surface area contributed by atoms with Crippen LogP contribution < -0.4 is 5.32 Å². The SMILES string of the molecule is O=C(COC(=O)C[C@@H]1C[C@@H]2CC[C@@H]1C2)NCCSc1ccc(Cl)cc1. The van der Waals surface area contributed by atoms with Crippen LogP contribution in [-0.2, 0) is 14.3 Å². The Balaban J connectivity index is 1.25. The molecule has 0 heterocycles. The third-order valence-electron chi connectivity index (χ3n) is 5.18. The van der Waals surface area contributed by atoms with Gasteiger partial charge in [0.15, 0.2) is 6.61 Å². The number of carbonyl (C=O) groups excluding carboxylic acids is 2. The Hall–Kier alpha value is -1.20. The van der Waals surface area contributed by atoms with E-state index in [1.165, 1.54) is 19.3 Å². The molecule has 0 unspecified atom stereocenters. The van der Waals surface area contributed by atoms with Gasteiger partial charge in [0.2, 0.25) is 0 Å². The third-order valence-corrected chi connectivity index (χ3v) is 6.45. The molecule has 136 valence electrons. The second-order valence-corrected chi connectivity index (χ2v) is 8.56. The molecular weight excluding hydrogens is 358 g/mol. The van der Waals surface area contributed by atoms with Gasteiger partial charge in [0.05, 0.1) is 0 Å². The van der Waals surface area contributed by atoms with E-state index in [0.29, 0.717) is 29.8 Å². The van der Waals surface area contributed by atoms with Gasteiger partial charge in [-0.05, 0) is 61.3 Å². The van der Waals surface area contributed by atoms with Crippen molar-refractivity contribution < 1.29 is 14.3 Å². The second-order valence-electron chi connectivity index (χ2n) is 6.95.